The van der Waals surface area contributed by atoms with Gasteiger partial charge >= 0.3 is 15.8 Å². The van der Waals surface area contributed by atoms with Crippen molar-refractivity contribution in [1.82, 2.24) is 0 Å². The van der Waals surface area contributed by atoms with E-state index in [1.807, 2.05) is 0 Å². The van der Waals surface area contributed by atoms with Crippen LogP contribution >= 0.6 is 0 Å². The summed E-state index contributed by atoms with van der Waals surface area (Å²) < 4.78 is 49.4. The molecule has 0 saturated carbocycles. The zero-order chi connectivity index (χ0) is 19.6. The van der Waals surface area contributed by atoms with Crippen molar-refractivity contribution < 1.29 is 26.7 Å². The average molecular weight is 391 g/mol. The molecule has 0 unspecified atom stereocenters. The summed E-state index contributed by atoms with van der Waals surface area (Å²) in [5.74, 6) is -1.07. The minimum absolute atomic E-state index is 0.208. The number of rotatable bonds is 6. The van der Waals surface area contributed by atoms with Crippen molar-refractivity contribution in [2.75, 3.05) is 6.61 Å². The lowest BCUT2D eigenvalue weighted by atomic mass is 10.1. The van der Waals surface area contributed by atoms with Crippen LogP contribution in [0.15, 0.2) is 59.5 Å². The Hall–Kier alpha value is -3.20. The number of fused-ring (bicyclic) bond motifs is 1. The number of benzene rings is 3. The Labute approximate surface area is 154 Å². The topological polar surface area (TPSA) is 95.7 Å². The fraction of sp³-hybridized carbons (Fsp3) is 0.111. The van der Waals surface area contributed by atoms with Crippen LogP contribution in [-0.4, -0.2) is 19.9 Å². The smallest absolute Gasteiger partial charge is 0.340 e. The van der Waals surface area contributed by atoms with E-state index in [1.54, 1.807) is 31.2 Å². The van der Waals surface area contributed by atoms with Crippen LogP contribution < -0.4 is 8.92 Å². The van der Waals surface area contributed by atoms with Gasteiger partial charge in [0.2, 0.25) is 5.75 Å². The van der Waals surface area contributed by atoms with Gasteiger partial charge in [-0.2, -0.15) is 8.42 Å². The highest BCUT2D eigenvalue weighted by molar-refractivity contribution is 7.87. The summed E-state index contributed by atoms with van der Waals surface area (Å²) in [5, 5.41) is 11.9. The third kappa shape index (κ3) is 3.68. The Bertz CT molecular complexity index is 1130. The van der Waals surface area contributed by atoms with Gasteiger partial charge in [-0.05, 0) is 25.1 Å². The molecule has 0 aliphatic rings. The fourth-order valence-corrected chi connectivity index (χ4v) is 3.75. The lowest BCUT2D eigenvalue weighted by Crippen LogP contribution is -2.12. The second kappa shape index (κ2) is 7.20. The molecule has 140 valence electrons. The number of halogens is 1. The van der Waals surface area contributed by atoms with E-state index in [-0.39, 0.29) is 4.90 Å². The molecule has 0 aliphatic carbocycles. The third-order valence-corrected chi connectivity index (χ3v) is 5.02. The monoisotopic (exact) mass is 391 g/mol. The highest BCUT2D eigenvalue weighted by Crippen LogP contribution is 2.35. The maximum Gasteiger partial charge on any atom is 0.340 e. The SMILES string of the molecule is CCOc1ccc(S(=O)(=O)Oc2cc(F)ccc2[N+](=O)[O-])c2ccccc12. The van der Waals surface area contributed by atoms with Crippen molar-refractivity contribution in [1.29, 1.82) is 0 Å². The summed E-state index contributed by atoms with van der Waals surface area (Å²) in [6, 6.07) is 11.7. The van der Waals surface area contributed by atoms with Gasteiger partial charge < -0.3 is 8.92 Å². The highest BCUT2D eigenvalue weighted by Gasteiger charge is 2.26. The zero-order valence-electron chi connectivity index (χ0n) is 14.1. The van der Waals surface area contributed by atoms with Crippen LogP contribution in [0.5, 0.6) is 11.5 Å². The van der Waals surface area contributed by atoms with Gasteiger partial charge in [0.25, 0.3) is 0 Å². The van der Waals surface area contributed by atoms with Crippen LogP contribution in [0.2, 0.25) is 0 Å². The van der Waals surface area contributed by atoms with E-state index in [1.165, 1.54) is 12.1 Å². The number of nitrogens with zero attached hydrogens (tertiary/aromatic N) is 1. The molecular formula is C18H14FNO6S. The summed E-state index contributed by atoms with van der Waals surface area (Å²) >= 11 is 0. The van der Waals surface area contributed by atoms with Gasteiger partial charge in [0.05, 0.1) is 11.5 Å². The van der Waals surface area contributed by atoms with Gasteiger partial charge in [-0.25, -0.2) is 4.39 Å². The van der Waals surface area contributed by atoms with Crippen LogP contribution in [0, 0.1) is 15.9 Å². The van der Waals surface area contributed by atoms with Gasteiger partial charge in [0, 0.05) is 22.9 Å². The Kier molecular flexibility index (Phi) is 4.95. The van der Waals surface area contributed by atoms with Gasteiger partial charge in [-0.1, -0.05) is 24.3 Å². The summed E-state index contributed by atoms with van der Waals surface area (Å²) in [7, 11) is -4.47. The number of hydrogen-bond donors (Lipinski definition) is 0. The van der Waals surface area contributed by atoms with Crippen molar-refractivity contribution in [2.24, 2.45) is 0 Å². The summed E-state index contributed by atoms with van der Waals surface area (Å²) in [5.41, 5.74) is -0.657. The van der Waals surface area contributed by atoms with Crippen LogP contribution in [0.3, 0.4) is 0 Å². The molecule has 3 aromatic carbocycles. The quantitative estimate of drug-likeness (QED) is 0.357. The molecule has 0 bridgehead atoms. The molecule has 0 atom stereocenters. The van der Waals surface area contributed by atoms with Crippen molar-refractivity contribution >= 4 is 26.6 Å². The lowest BCUT2D eigenvalue weighted by Gasteiger charge is -2.12. The van der Waals surface area contributed by atoms with Crippen LogP contribution in [0.1, 0.15) is 6.92 Å². The molecule has 0 heterocycles. The molecule has 0 radical (unpaired) electrons. The first-order chi connectivity index (χ1) is 12.8. The number of hydrogen-bond acceptors (Lipinski definition) is 6. The Morgan fingerprint density at radius 1 is 1.04 bits per heavy atom. The number of nitro benzene ring substituents is 1. The average Bonchev–Trinajstić information content (AvgIpc) is 2.61. The molecule has 0 fully saturated rings. The van der Waals surface area contributed by atoms with Gasteiger partial charge in [0.1, 0.15) is 16.5 Å². The van der Waals surface area contributed by atoms with Crippen molar-refractivity contribution in [3.63, 3.8) is 0 Å². The third-order valence-electron chi connectivity index (χ3n) is 3.73. The second-order valence-electron chi connectivity index (χ2n) is 5.45. The fourth-order valence-electron chi connectivity index (χ4n) is 2.61. The van der Waals surface area contributed by atoms with E-state index in [4.69, 9.17) is 8.92 Å². The predicted molar refractivity (Wildman–Crippen MR) is 96.0 cm³/mol. The molecule has 0 amide bonds. The molecule has 0 aliphatic heterocycles. The van der Waals surface area contributed by atoms with E-state index < -0.39 is 32.3 Å². The van der Waals surface area contributed by atoms with Gasteiger partial charge in [-0.3, -0.25) is 10.1 Å². The molecule has 27 heavy (non-hydrogen) atoms. The maximum atomic E-state index is 13.5. The van der Waals surface area contributed by atoms with Crippen molar-refractivity contribution in [3.8, 4) is 11.5 Å². The molecule has 9 heteroatoms. The first kappa shape index (κ1) is 18.6. The first-order valence-electron chi connectivity index (χ1n) is 7.86. The van der Waals surface area contributed by atoms with Gasteiger partial charge in [0.15, 0.2) is 0 Å². The normalized spacial score (nSPS) is 11.3. The van der Waals surface area contributed by atoms with Crippen LogP contribution in [0.4, 0.5) is 10.1 Å². The Morgan fingerprint density at radius 2 is 1.74 bits per heavy atom. The van der Waals surface area contributed by atoms with E-state index in [2.05, 4.69) is 0 Å². The minimum atomic E-state index is -4.47. The molecule has 3 rings (SSSR count). The Morgan fingerprint density at radius 3 is 2.41 bits per heavy atom. The van der Waals surface area contributed by atoms with E-state index in [9.17, 15) is 22.9 Å². The molecule has 0 spiro atoms. The minimum Gasteiger partial charge on any atom is -0.493 e. The molecule has 3 aromatic rings. The van der Waals surface area contributed by atoms with Crippen molar-refractivity contribution in [3.05, 3.63) is 70.5 Å². The summed E-state index contributed by atoms with van der Waals surface area (Å²) in [6.45, 7) is 2.19. The Balaban J connectivity index is 2.13. The van der Waals surface area contributed by atoms with Crippen LogP contribution in [-0.2, 0) is 10.1 Å². The molecule has 0 aromatic heterocycles. The van der Waals surface area contributed by atoms with E-state index in [0.717, 1.165) is 12.1 Å². The standard InChI is InChI=1S/C18H14FNO6S/c1-2-25-16-9-10-18(14-6-4-3-5-13(14)16)27(23,24)26-17-11-12(19)7-8-15(17)20(21)22/h3-11H,2H2,1H3. The number of nitro groups is 1. The van der Waals surface area contributed by atoms with E-state index in [0.29, 0.717) is 29.2 Å². The second-order valence-corrected chi connectivity index (χ2v) is 6.96. The van der Waals surface area contributed by atoms with Gasteiger partial charge in [-0.15, -0.1) is 0 Å². The zero-order valence-corrected chi connectivity index (χ0v) is 14.9. The van der Waals surface area contributed by atoms with Crippen LogP contribution in [0.25, 0.3) is 10.8 Å². The molecule has 0 saturated heterocycles. The first-order valence-corrected chi connectivity index (χ1v) is 9.27. The summed E-state index contributed by atoms with van der Waals surface area (Å²) in [4.78, 5) is 10.0. The molecular weight excluding hydrogens is 377 g/mol. The maximum absolute atomic E-state index is 13.5. The molecule has 7 nitrogen and oxygen atoms in total. The predicted octanol–water partition coefficient (Wildman–Crippen LogP) is 4.05. The lowest BCUT2D eigenvalue weighted by molar-refractivity contribution is -0.385. The largest absolute Gasteiger partial charge is 0.493 e. The summed E-state index contributed by atoms with van der Waals surface area (Å²) in [6.07, 6.45) is 0. The van der Waals surface area contributed by atoms with E-state index >= 15 is 0 Å². The van der Waals surface area contributed by atoms with Crippen molar-refractivity contribution in [2.45, 2.75) is 11.8 Å². The molecule has 0 N–H and O–H groups in total. The number of ether oxygens (including phenoxy) is 1. The highest BCUT2D eigenvalue weighted by atomic mass is 32.2.